The smallest absolute Gasteiger partial charge is 0.206 e. The molecular weight excluding hydrogens is 203 g/mol. The number of nitriles is 1. The standard InChI is InChI=1S/C11H8F3N/c12-10-7-8(3-1-2-6-15)4-5-9(10)11(13)14/h1,3-5,7,11H,2H2. The molecule has 0 unspecified atom stereocenters. The Morgan fingerprint density at radius 1 is 1.40 bits per heavy atom. The van der Waals surface area contributed by atoms with Gasteiger partial charge < -0.3 is 0 Å². The number of nitrogens with zero attached hydrogens (tertiary/aromatic N) is 1. The number of benzene rings is 1. The quantitative estimate of drug-likeness (QED) is 0.747. The molecule has 0 aliphatic heterocycles. The zero-order valence-corrected chi connectivity index (χ0v) is 7.75. The Morgan fingerprint density at radius 3 is 2.67 bits per heavy atom. The molecule has 0 aliphatic carbocycles. The number of allylic oxidation sites excluding steroid dienone is 1. The minimum Gasteiger partial charge on any atom is -0.206 e. The van der Waals surface area contributed by atoms with Gasteiger partial charge in [-0.1, -0.05) is 18.2 Å². The second kappa shape index (κ2) is 5.20. The molecule has 0 atom stereocenters. The molecule has 0 saturated heterocycles. The molecule has 0 amide bonds. The van der Waals surface area contributed by atoms with Crippen molar-refractivity contribution in [2.24, 2.45) is 0 Å². The van der Waals surface area contributed by atoms with Crippen LogP contribution in [0.4, 0.5) is 13.2 Å². The Morgan fingerprint density at radius 2 is 2.13 bits per heavy atom. The summed E-state index contributed by atoms with van der Waals surface area (Å²) in [4.78, 5) is 0. The van der Waals surface area contributed by atoms with E-state index in [1.807, 2.05) is 6.07 Å². The summed E-state index contributed by atoms with van der Waals surface area (Å²) in [6, 6.07) is 5.34. The largest absolute Gasteiger partial charge is 0.266 e. The first-order chi connectivity index (χ1) is 7.15. The van der Waals surface area contributed by atoms with E-state index in [0.29, 0.717) is 5.56 Å². The van der Waals surface area contributed by atoms with Crippen molar-refractivity contribution in [3.05, 3.63) is 41.2 Å². The molecule has 4 heteroatoms. The molecule has 0 heterocycles. The fourth-order valence-electron chi connectivity index (χ4n) is 1.07. The van der Waals surface area contributed by atoms with Gasteiger partial charge in [0.05, 0.1) is 18.1 Å². The summed E-state index contributed by atoms with van der Waals surface area (Å²) >= 11 is 0. The van der Waals surface area contributed by atoms with E-state index in [0.717, 1.165) is 12.1 Å². The van der Waals surface area contributed by atoms with Crippen molar-refractivity contribution in [3.63, 3.8) is 0 Å². The number of rotatable bonds is 3. The van der Waals surface area contributed by atoms with Crippen LogP contribution in [0.15, 0.2) is 24.3 Å². The number of alkyl halides is 2. The summed E-state index contributed by atoms with van der Waals surface area (Å²) < 4.78 is 37.4. The lowest BCUT2D eigenvalue weighted by atomic mass is 10.1. The van der Waals surface area contributed by atoms with E-state index in [4.69, 9.17) is 5.26 Å². The van der Waals surface area contributed by atoms with Gasteiger partial charge in [-0.2, -0.15) is 5.26 Å². The molecule has 0 aromatic heterocycles. The molecular formula is C11H8F3N. The van der Waals surface area contributed by atoms with E-state index in [9.17, 15) is 13.2 Å². The Kier molecular flexibility index (Phi) is 3.92. The zero-order chi connectivity index (χ0) is 11.3. The van der Waals surface area contributed by atoms with Crippen LogP contribution >= 0.6 is 0 Å². The number of hydrogen-bond donors (Lipinski definition) is 0. The highest BCUT2D eigenvalue weighted by molar-refractivity contribution is 5.50. The summed E-state index contributed by atoms with van der Waals surface area (Å²) in [5.41, 5.74) is -0.139. The Hall–Kier alpha value is -1.76. The van der Waals surface area contributed by atoms with Crippen molar-refractivity contribution < 1.29 is 13.2 Å². The molecule has 0 spiro atoms. The van der Waals surface area contributed by atoms with E-state index >= 15 is 0 Å². The van der Waals surface area contributed by atoms with Crippen LogP contribution < -0.4 is 0 Å². The highest BCUT2D eigenvalue weighted by Crippen LogP contribution is 2.22. The van der Waals surface area contributed by atoms with Crippen LogP contribution in [0, 0.1) is 17.1 Å². The van der Waals surface area contributed by atoms with Gasteiger partial charge in [0.25, 0.3) is 6.43 Å². The van der Waals surface area contributed by atoms with Gasteiger partial charge >= 0.3 is 0 Å². The summed E-state index contributed by atoms with van der Waals surface area (Å²) in [6.07, 6.45) is 0.457. The first-order valence-electron chi connectivity index (χ1n) is 4.26. The average Bonchev–Trinajstić information content (AvgIpc) is 2.17. The summed E-state index contributed by atoms with van der Waals surface area (Å²) in [6.45, 7) is 0. The van der Waals surface area contributed by atoms with E-state index in [-0.39, 0.29) is 6.42 Å². The molecule has 0 bridgehead atoms. The minimum absolute atomic E-state index is 0.207. The molecule has 78 valence electrons. The second-order valence-electron chi connectivity index (χ2n) is 2.85. The van der Waals surface area contributed by atoms with Gasteiger partial charge in [-0.3, -0.25) is 0 Å². The predicted molar refractivity (Wildman–Crippen MR) is 50.6 cm³/mol. The van der Waals surface area contributed by atoms with Crippen LogP contribution in [0.25, 0.3) is 6.08 Å². The molecule has 1 aromatic carbocycles. The van der Waals surface area contributed by atoms with Gasteiger partial charge in [0, 0.05) is 0 Å². The van der Waals surface area contributed by atoms with Gasteiger partial charge in [0.15, 0.2) is 0 Å². The van der Waals surface area contributed by atoms with Crippen LogP contribution in [0.1, 0.15) is 24.0 Å². The third-order valence-electron chi connectivity index (χ3n) is 1.78. The molecule has 0 radical (unpaired) electrons. The van der Waals surface area contributed by atoms with Gasteiger partial charge in [0.1, 0.15) is 5.82 Å². The van der Waals surface area contributed by atoms with Gasteiger partial charge in [-0.25, -0.2) is 13.2 Å². The van der Waals surface area contributed by atoms with Crippen LogP contribution in [-0.4, -0.2) is 0 Å². The maximum Gasteiger partial charge on any atom is 0.266 e. The van der Waals surface area contributed by atoms with Gasteiger partial charge in [0.2, 0.25) is 0 Å². The van der Waals surface area contributed by atoms with Crippen molar-refractivity contribution in [1.29, 1.82) is 5.26 Å². The first kappa shape index (κ1) is 11.3. The van der Waals surface area contributed by atoms with E-state index in [1.165, 1.54) is 18.2 Å². The van der Waals surface area contributed by atoms with E-state index < -0.39 is 17.8 Å². The highest BCUT2D eigenvalue weighted by atomic mass is 19.3. The van der Waals surface area contributed by atoms with E-state index in [1.54, 1.807) is 0 Å². The van der Waals surface area contributed by atoms with Crippen LogP contribution in [0.5, 0.6) is 0 Å². The molecule has 0 fully saturated rings. The lowest BCUT2D eigenvalue weighted by molar-refractivity contribution is 0.146. The van der Waals surface area contributed by atoms with Crippen molar-refractivity contribution in [2.75, 3.05) is 0 Å². The lowest BCUT2D eigenvalue weighted by Crippen LogP contribution is -1.90. The second-order valence-corrected chi connectivity index (χ2v) is 2.85. The van der Waals surface area contributed by atoms with Crippen LogP contribution in [0.3, 0.4) is 0 Å². The fraction of sp³-hybridized carbons (Fsp3) is 0.182. The third kappa shape index (κ3) is 3.13. The molecule has 1 aromatic rings. The Bertz CT molecular complexity index is 405. The molecule has 1 rings (SSSR count). The van der Waals surface area contributed by atoms with Crippen molar-refractivity contribution in [2.45, 2.75) is 12.8 Å². The molecule has 0 aliphatic rings. The molecule has 15 heavy (non-hydrogen) atoms. The van der Waals surface area contributed by atoms with Gasteiger partial charge in [-0.15, -0.1) is 0 Å². The Labute approximate surface area is 85.5 Å². The number of halogens is 3. The fourth-order valence-corrected chi connectivity index (χ4v) is 1.07. The van der Waals surface area contributed by atoms with Crippen molar-refractivity contribution >= 4 is 6.08 Å². The SMILES string of the molecule is N#CCC=Cc1ccc(C(F)F)c(F)c1. The van der Waals surface area contributed by atoms with Crippen LogP contribution in [-0.2, 0) is 0 Å². The average molecular weight is 211 g/mol. The topological polar surface area (TPSA) is 23.8 Å². The summed E-state index contributed by atoms with van der Waals surface area (Å²) in [5.74, 6) is -0.927. The summed E-state index contributed by atoms with van der Waals surface area (Å²) in [5, 5.41) is 8.24. The first-order valence-corrected chi connectivity index (χ1v) is 4.26. The van der Waals surface area contributed by atoms with Crippen molar-refractivity contribution in [3.8, 4) is 6.07 Å². The molecule has 0 N–H and O–H groups in total. The zero-order valence-electron chi connectivity index (χ0n) is 7.75. The minimum atomic E-state index is -2.80. The summed E-state index contributed by atoms with van der Waals surface area (Å²) in [7, 11) is 0. The molecule has 0 saturated carbocycles. The maximum absolute atomic E-state index is 13.0. The van der Waals surface area contributed by atoms with E-state index in [2.05, 4.69) is 0 Å². The Balaban J connectivity index is 2.88. The highest BCUT2D eigenvalue weighted by Gasteiger charge is 2.12. The predicted octanol–water partition coefficient (Wildman–Crippen LogP) is 3.69. The lowest BCUT2D eigenvalue weighted by Gasteiger charge is -2.02. The van der Waals surface area contributed by atoms with Gasteiger partial charge in [-0.05, 0) is 17.7 Å². The normalized spacial score (nSPS) is 10.9. The maximum atomic E-state index is 13.0. The van der Waals surface area contributed by atoms with Crippen LogP contribution in [0.2, 0.25) is 0 Å². The third-order valence-corrected chi connectivity index (χ3v) is 1.78. The number of hydrogen-bond acceptors (Lipinski definition) is 1. The van der Waals surface area contributed by atoms with Crippen molar-refractivity contribution in [1.82, 2.24) is 0 Å². The monoisotopic (exact) mass is 211 g/mol. The molecule has 1 nitrogen and oxygen atoms in total.